The lowest BCUT2D eigenvalue weighted by Gasteiger charge is -2.40. The minimum atomic E-state index is -0.998. The number of esters is 1. The van der Waals surface area contributed by atoms with Crippen molar-refractivity contribution in [3.05, 3.63) is 75.8 Å². The monoisotopic (exact) mass is 513 g/mol. The molecule has 1 heterocycles. The maximum absolute atomic E-state index is 13.1. The summed E-state index contributed by atoms with van der Waals surface area (Å²) in [4.78, 5) is 26.6. The molecule has 2 atom stereocenters. The van der Waals surface area contributed by atoms with Gasteiger partial charge in [-0.25, -0.2) is 4.79 Å². The third-order valence-electron chi connectivity index (χ3n) is 5.64. The maximum atomic E-state index is 13.1. The van der Waals surface area contributed by atoms with Crippen LogP contribution in [0.25, 0.3) is 0 Å². The Hall–Kier alpha value is -3.72. The molecule has 0 unspecified atom stereocenters. The van der Waals surface area contributed by atoms with Crippen LogP contribution < -0.4 is 4.74 Å². The third-order valence-corrected chi connectivity index (χ3v) is 6.29. The van der Waals surface area contributed by atoms with Crippen LogP contribution in [0, 0.1) is 0 Å². The van der Waals surface area contributed by atoms with Crippen LogP contribution >= 0.6 is 15.9 Å². The number of nitrogens with zero attached hydrogens (tertiary/aromatic N) is 1. The van der Waals surface area contributed by atoms with Crippen molar-refractivity contribution in [2.45, 2.75) is 24.9 Å². The number of benzene rings is 3. The van der Waals surface area contributed by atoms with Crippen molar-refractivity contribution in [2.75, 3.05) is 0 Å². The zero-order valence-electron chi connectivity index (χ0n) is 17.2. The van der Waals surface area contributed by atoms with Crippen LogP contribution in [0.15, 0.2) is 59.1 Å². The zero-order valence-corrected chi connectivity index (χ0v) is 18.8. The number of halogens is 1. The second-order valence-electron chi connectivity index (χ2n) is 7.71. The molecule has 4 N–H and O–H groups in total. The van der Waals surface area contributed by atoms with Gasteiger partial charge in [0.15, 0.2) is 23.0 Å². The van der Waals surface area contributed by atoms with Gasteiger partial charge in [0.1, 0.15) is 11.8 Å². The van der Waals surface area contributed by atoms with Gasteiger partial charge < -0.3 is 30.1 Å². The van der Waals surface area contributed by atoms with Gasteiger partial charge in [-0.05, 0) is 75.4 Å². The van der Waals surface area contributed by atoms with Crippen molar-refractivity contribution in [1.82, 2.24) is 4.90 Å². The number of aromatic hydroxyl groups is 4. The van der Waals surface area contributed by atoms with Gasteiger partial charge in [-0.15, -0.1) is 0 Å². The first-order chi connectivity index (χ1) is 15.8. The molecule has 0 saturated carbocycles. The fraction of sp³-hybridized carbons (Fsp3) is 0.167. The molecule has 8 nitrogen and oxygen atoms in total. The lowest BCUT2D eigenvalue weighted by atomic mass is 9.85. The number of fused-ring (bicyclic) bond motifs is 1. The van der Waals surface area contributed by atoms with Gasteiger partial charge in [0.25, 0.3) is 0 Å². The quantitative estimate of drug-likeness (QED) is 0.178. The summed E-state index contributed by atoms with van der Waals surface area (Å²) in [5, 5.41) is 39.6. The Morgan fingerprint density at radius 2 is 1.70 bits per heavy atom. The summed E-state index contributed by atoms with van der Waals surface area (Å²) in [5.74, 6) is -1.66. The summed E-state index contributed by atoms with van der Waals surface area (Å²) >= 11 is 3.33. The largest absolute Gasteiger partial charge is 0.504 e. The van der Waals surface area contributed by atoms with Crippen molar-refractivity contribution in [3.8, 4) is 28.7 Å². The van der Waals surface area contributed by atoms with E-state index >= 15 is 0 Å². The first kappa shape index (κ1) is 22.5. The fourth-order valence-electron chi connectivity index (χ4n) is 4.01. The Morgan fingerprint density at radius 1 is 1.00 bits per heavy atom. The highest BCUT2D eigenvalue weighted by atomic mass is 79.9. The van der Waals surface area contributed by atoms with E-state index in [9.17, 15) is 30.0 Å². The lowest BCUT2D eigenvalue weighted by molar-refractivity contribution is -0.146. The van der Waals surface area contributed by atoms with Crippen molar-refractivity contribution >= 4 is 28.3 Å². The topological polar surface area (TPSA) is 128 Å². The Kier molecular flexibility index (Phi) is 6.15. The number of carbonyl (C=O) groups is 2. The zero-order chi connectivity index (χ0) is 23.7. The van der Waals surface area contributed by atoms with Crippen LogP contribution in [0.3, 0.4) is 0 Å². The first-order valence-corrected chi connectivity index (χ1v) is 10.8. The molecule has 33 heavy (non-hydrogen) atoms. The molecule has 1 aliphatic heterocycles. The maximum Gasteiger partial charge on any atom is 0.334 e. The summed E-state index contributed by atoms with van der Waals surface area (Å²) in [5.41, 5.74) is 1.71. The van der Waals surface area contributed by atoms with Gasteiger partial charge in [0.2, 0.25) is 6.41 Å². The molecule has 170 valence electrons. The molecule has 0 bridgehead atoms. The highest BCUT2D eigenvalue weighted by Crippen LogP contribution is 2.41. The number of hydrogen-bond donors (Lipinski definition) is 4. The predicted molar refractivity (Wildman–Crippen MR) is 121 cm³/mol. The first-order valence-electron chi connectivity index (χ1n) is 10.0. The van der Waals surface area contributed by atoms with Crippen molar-refractivity contribution in [3.63, 3.8) is 0 Å². The standard InChI is InChI=1S/C24H20BrNO7/c25-16-3-1-2-4-23(16)33-24(32)18-9-14-10-21(30)22(31)11-15(14)17(26(18)12-27)7-13-5-6-19(28)20(29)8-13/h1-6,8,10-12,17-18,28-31H,7,9H2/t17-,18-/m0/s1. The van der Waals surface area contributed by atoms with Crippen LogP contribution in [-0.4, -0.2) is 43.7 Å². The second kappa shape index (κ2) is 9.03. The van der Waals surface area contributed by atoms with E-state index in [1.54, 1.807) is 30.3 Å². The summed E-state index contributed by atoms with van der Waals surface area (Å²) in [6, 6.07) is 12.1. The molecule has 1 aliphatic rings. The second-order valence-corrected chi connectivity index (χ2v) is 8.56. The highest BCUT2D eigenvalue weighted by molar-refractivity contribution is 9.10. The van der Waals surface area contributed by atoms with Crippen LogP contribution in [-0.2, 0) is 22.4 Å². The molecule has 3 aromatic carbocycles. The number of amides is 1. The van der Waals surface area contributed by atoms with Crippen LogP contribution in [0.5, 0.6) is 28.7 Å². The normalized spacial score (nSPS) is 17.3. The Morgan fingerprint density at radius 3 is 2.39 bits per heavy atom. The average Bonchev–Trinajstić information content (AvgIpc) is 2.78. The number of para-hydroxylation sites is 1. The number of ether oxygens (including phenoxy) is 1. The van der Waals surface area contributed by atoms with E-state index in [4.69, 9.17) is 4.74 Å². The van der Waals surface area contributed by atoms with Gasteiger partial charge in [0.05, 0.1) is 10.5 Å². The molecule has 0 fully saturated rings. The van der Waals surface area contributed by atoms with E-state index in [1.165, 1.54) is 29.2 Å². The number of carbonyl (C=O) groups excluding carboxylic acids is 2. The van der Waals surface area contributed by atoms with Crippen LogP contribution in [0.2, 0.25) is 0 Å². The third kappa shape index (κ3) is 4.45. The Bertz CT molecular complexity index is 1230. The molecular formula is C24H20BrNO7. The van der Waals surface area contributed by atoms with Crippen LogP contribution in [0.1, 0.15) is 22.7 Å². The van der Waals surface area contributed by atoms with E-state index in [1.807, 2.05) is 0 Å². The van der Waals surface area contributed by atoms with Gasteiger partial charge in [-0.2, -0.15) is 0 Å². The van der Waals surface area contributed by atoms with Gasteiger partial charge in [0, 0.05) is 6.42 Å². The van der Waals surface area contributed by atoms with E-state index in [2.05, 4.69) is 15.9 Å². The molecule has 9 heteroatoms. The number of rotatable bonds is 5. The summed E-state index contributed by atoms with van der Waals surface area (Å²) in [6.07, 6.45) is 0.787. The Labute approximate surface area is 197 Å². The molecule has 0 radical (unpaired) electrons. The molecule has 4 rings (SSSR count). The molecule has 0 spiro atoms. The number of hydrogen-bond acceptors (Lipinski definition) is 7. The lowest BCUT2D eigenvalue weighted by Crippen LogP contribution is -2.49. The van der Waals surface area contributed by atoms with Gasteiger partial charge >= 0.3 is 5.97 Å². The highest BCUT2D eigenvalue weighted by Gasteiger charge is 2.39. The molecule has 0 aromatic heterocycles. The van der Waals surface area contributed by atoms with Gasteiger partial charge in [-0.1, -0.05) is 18.2 Å². The number of phenolic OH excluding ortho intramolecular Hbond substituents is 4. The minimum absolute atomic E-state index is 0.0720. The predicted octanol–water partition coefficient (Wildman–Crippen LogP) is 3.54. The van der Waals surface area contributed by atoms with Crippen LogP contribution in [0.4, 0.5) is 0 Å². The Balaban J connectivity index is 1.74. The summed E-state index contributed by atoms with van der Waals surface area (Å²) < 4.78 is 6.12. The van der Waals surface area contributed by atoms with Crippen molar-refractivity contribution in [1.29, 1.82) is 0 Å². The molecule has 0 saturated heterocycles. The minimum Gasteiger partial charge on any atom is -0.504 e. The molecule has 0 aliphatic carbocycles. The molecular weight excluding hydrogens is 494 g/mol. The SMILES string of the molecule is O=CN1[C@H](C(=O)Oc2ccccc2Br)Cc2cc(O)c(O)cc2[C@@H]1Cc1ccc(O)c(O)c1. The van der Waals surface area contributed by atoms with Gasteiger partial charge in [-0.3, -0.25) is 4.79 Å². The van der Waals surface area contributed by atoms with E-state index in [0.29, 0.717) is 33.3 Å². The fourth-order valence-corrected chi connectivity index (χ4v) is 4.37. The van der Waals surface area contributed by atoms with Crippen molar-refractivity contribution < 1.29 is 34.8 Å². The molecule has 1 amide bonds. The summed E-state index contributed by atoms with van der Waals surface area (Å²) in [7, 11) is 0. The number of phenols is 4. The average molecular weight is 514 g/mol. The van der Waals surface area contributed by atoms with Crippen molar-refractivity contribution in [2.24, 2.45) is 0 Å². The van der Waals surface area contributed by atoms with E-state index in [0.717, 1.165) is 0 Å². The molecule has 3 aromatic rings. The van der Waals surface area contributed by atoms with E-state index in [-0.39, 0.29) is 35.8 Å². The van der Waals surface area contributed by atoms with E-state index < -0.39 is 18.1 Å². The summed E-state index contributed by atoms with van der Waals surface area (Å²) in [6.45, 7) is 0. The smallest absolute Gasteiger partial charge is 0.334 e.